The molecule has 1 unspecified atom stereocenters. The monoisotopic (exact) mass is 344 g/mol. The number of halogens is 1. The predicted octanol–water partition coefficient (Wildman–Crippen LogP) is 2.98. The second-order valence-electron chi connectivity index (χ2n) is 5.14. The number of carbonyl (C=O) groups is 1. The van der Waals surface area contributed by atoms with Gasteiger partial charge in [0.25, 0.3) is 0 Å². The van der Waals surface area contributed by atoms with Gasteiger partial charge in [-0.3, -0.25) is 4.79 Å². The summed E-state index contributed by atoms with van der Waals surface area (Å²) in [5.74, 6) is 0.310. The number of benzene rings is 2. The summed E-state index contributed by atoms with van der Waals surface area (Å²) < 4.78 is 5.21. The number of aliphatic hydroxyl groups is 1. The summed E-state index contributed by atoms with van der Waals surface area (Å²) in [6.07, 6.45) is -0.917. The molecule has 0 spiro atoms. The van der Waals surface area contributed by atoms with Crippen LogP contribution in [0.25, 0.3) is 0 Å². The molecule has 0 aromatic heterocycles. The Bertz CT molecular complexity index is 726. The van der Waals surface area contributed by atoms with Crippen LogP contribution in [0.5, 0.6) is 5.75 Å². The average molecular weight is 345 g/mol. The lowest BCUT2D eigenvalue weighted by molar-refractivity contribution is -0.123. The fourth-order valence-corrected chi connectivity index (χ4v) is 2.24. The summed E-state index contributed by atoms with van der Waals surface area (Å²) in [6.45, 7) is 0.291. The third-order valence-electron chi connectivity index (χ3n) is 3.33. The molecule has 6 heteroatoms. The minimum atomic E-state index is -0.882. The number of nitrogens with one attached hydrogen (secondary N) is 1. The molecule has 1 atom stereocenters. The number of aliphatic hydroxyl groups excluding tert-OH is 1. The number of nitrogens with zero attached hydrogens (tertiary/aromatic N) is 1. The van der Waals surface area contributed by atoms with Crippen molar-refractivity contribution in [3.05, 3.63) is 64.7 Å². The van der Waals surface area contributed by atoms with Crippen LogP contribution < -0.4 is 10.1 Å². The molecule has 1 amide bonds. The van der Waals surface area contributed by atoms with E-state index in [2.05, 4.69) is 5.32 Å². The molecule has 0 aliphatic heterocycles. The molecule has 2 aromatic carbocycles. The van der Waals surface area contributed by atoms with E-state index in [4.69, 9.17) is 21.6 Å². The minimum absolute atomic E-state index is 0.0247. The van der Waals surface area contributed by atoms with Crippen LogP contribution >= 0.6 is 11.6 Å². The van der Waals surface area contributed by atoms with Gasteiger partial charge in [0, 0.05) is 11.6 Å². The summed E-state index contributed by atoms with van der Waals surface area (Å²) in [5, 5.41) is 21.9. The van der Waals surface area contributed by atoms with Crippen molar-refractivity contribution in [1.82, 2.24) is 5.32 Å². The fourth-order valence-electron chi connectivity index (χ4n) is 2.11. The van der Waals surface area contributed by atoms with E-state index in [-0.39, 0.29) is 18.9 Å². The molecule has 0 saturated heterocycles. The Hall–Kier alpha value is -2.55. The molecule has 0 aliphatic rings. The van der Waals surface area contributed by atoms with Gasteiger partial charge in [0.15, 0.2) is 6.61 Å². The molecular formula is C18H17ClN2O3. The van der Waals surface area contributed by atoms with Crippen LogP contribution in [0.2, 0.25) is 5.02 Å². The quantitative estimate of drug-likeness (QED) is 0.809. The highest BCUT2D eigenvalue weighted by molar-refractivity contribution is 6.30. The Kier molecular flexibility index (Phi) is 6.62. The van der Waals surface area contributed by atoms with Crippen molar-refractivity contribution >= 4 is 17.5 Å². The maximum Gasteiger partial charge on any atom is 0.223 e. The molecule has 0 aliphatic carbocycles. The van der Waals surface area contributed by atoms with E-state index in [9.17, 15) is 9.90 Å². The van der Waals surface area contributed by atoms with E-state index in [1.165, 1.54) is 0 Å². The SMILES string of the molecule is N#CCOc1cccc(CNC(=O)CC(O)c2ccc(Cl)cc2)c1. The van der Waals surface area contributed by atoms with Crippen LogP contribution in [0.15, 0.2) is 48.5 Å². The van der Waals surface area contributed by atoms with Gasteiger partial charge in [-0.25, -0.2) is 0 Å². The first kappa shape index (κ1) is 17.8. The number of nitriles is 1. The molecule has 2 rings (SSSR count). The van der Waals surface area contributed by atoms with Crippen molar-refractivity contribution in [2.45, 2.75) is 19.1 Å². The van der Waals surface area contributed by atoms with E-state index in [0.29, 0.717) is 22.9 Å². The molecule has 0 radical (unpaired) electrons. The van der Waals surface area contributed by atoms with Gasteiger partial charge in [0.2, 0.25) is 5.91 Å². The molecule has 2 aromatic rings. The van der Waals surface area contributed by atoms with Gasteiger partial charge in [-0.1, -0.05) is 35.9 Å². The molecule has 0 saturated carbocycles. The van der Waals surface area contributed by atoms with Crippen LogP contribution in [0.4, 0.5) is 0 Å². The van der Waals surface area contributed by atoms with Crippen LogP contribution in [0.1, 0.15) is 23.7 Å². The smallest absolute Gasteiger partial charge is 0.223 e. The van der Waals surface area contributed by atoms with Crippen LogP contribution in [-0.4, -0.2) is 17.6 Å². The maximum atomic E-state index is 12.0. The lowest BCUT2D eigenvalue weighted by atomic mass is 10.1. The van der Waals surface area contributed by atoms with E-state index >= 15 is 0 Å². The second kappa shape index (κ2) is 8.92. The van der Waals surface area contributed by atoms with Gasteiger partial charge < -0.3 is 15.2 Å². The highest BCUT2D eigenvalue weighted by atomic mass is 35.5. The highest BCUT2D eigenvalue weighted by Crippen LogP contribution is 2.19. The third-order valence-corrected chi connectivity index (χ3v) is 3.58. The fraction of sp³-hybridized carbons (Fsp3) is 0.222. The first-order valence-electron chi connectivity index (χ1n) is 7.37. The van der Waals surface area contributed by atoms with Crippen molar-refractivity contribution in [3.63, 3.8) is 0 Å². The van der Waals surface area contributed by atoms with Crippen molar-refractivity contribution in [2.75, 3.05) is 6.61 Å². The van der Waals surface area contributed by atoms with Crippen molar-refractivity contribution < 1.29 is 14.6 Å². The van der Waals surface area contributed by atoms with Crippen LogP contribution in [0, 0.1) is 11.3 Å². The molecule has 124 valence electrons. The van der Waals surface area contributed by atoms with Crippen LogP contribution in [0.3, 0.4) is 0 Å². The first-order chi connectivity index (χ1) is 11.6. The summed E-state index contributed by atoms with van der Waals surface area (Å²) in [6, 6.07) is 15.8. The van der Waals surface area contributed by atoms with E-state index in [1.54, 1.807) is 42.5 Å². The molecule has 0 heterocycles. The second-order valence-corrected chi connectivity index (χ2v) is 5.58. The zero-order valence-electron chi connectivity index (χ0n) is 12.9. The minimum Gasteiger partial charge on any atom is -0.479 e. The third kappa shape index (κ3) is 5.58. The highest BCUT2D eigenvalue weighted by Gasteiger charge is 2.12. The lowest BCUT2D eigenvalue weighted by Crippen LogP contribution is -2.24. The van der Waals surface area contributed by atoms with Gasteiger partial charge >= 0.3 is 0 Å². The predicted molar refractivity (Wildman–Crippen MR) is 90.4 cm³/mol. The van der Waals surface area contributed by atoms with Crippen LogP contribution in [-0.2, 0) is 11.3 Å². The summed E-state index contributed by atoms with van der Waals surface area (Å²) in [7, 11) is 0. The maximum absolute atomic E-state index is 12.0. The number of amides is 1. The zero-order valence-corrected chi connectivity index (χ0v) is 13.7. The molecule has 0 fully saturated rings. The Labute approximate surface area is 145 Å². The number of carbonyl (C=O) groups excluding carboxylic acids is 1. The van der Waals surface area contributed by atoms with E-state index < -0.39 is 6.10 Å². The Morgan fingerprint density at radius 1 is 1.29 bits per heavy atom. The molecule has 0 bridgehead atoms. The van der Waals surface area contributed by atoms with Crippen molar-refractivity contribution in [1.29, 1.82) is 5.26 Å². The summed E-state index contributed by atoms with van der Waals surface area (Å²) in [5.41, 5.74) is 1.49. The number of hydrogen-bond acceptors (Lipinski definition) is 4. The first-order valence-corrected chi connectivity index (χ1v) is 7.75. The normalized spacial score (nSPS) is 11.4. The number of ether oxygens (including phenoxy) is 1. The topological polar surface area (TPSA) is 82.3 Å². The molecular weight excluding hydrogens is 328 g/mol. The van der Waals surface area contributed by atoms with E-state index in [0.717, 1.165) is 5.56 Å². The largest absolute Gasteiger partial charge is 0.479 e. The zero-order chi connectivity index (χ0) is 17.4. The lowest BCUT2D eigenvalue weighted by Gasteiger charge is -2.12. The Morgan fingerprint density at radius 3 is 2.75 bits per heavy atom. The Morgan fingerprint density at radius 2 is 2.04 bits per heavy atom. The number of rotatable bonds is 7. The van der Waals surface area contributed by atoms with Crippen molar-refractivity contribution in [2.24, 2.45) is 0 Å². The van der Waals surface area contributed by atoms with E-state index in [1.807, 2.05) is 12.1 Å². The van der Waals surface area contributed by atoms with Crippen molar-refractivity contribution in [3.8, 4) is 11.8 Å². The Balaban J connectivity index is 1.84. The van der Waals surface area contributed by atoms with Gasteiger partial charge in [-0.05, 0) is 35.4 Å². The molecule has 24 heavy (non-hydrogen) atoms. The number of hydrogen-bond donors (Lipinski definition) is 2. The average Bonchev–Trinajstić information content (AvgIpc) is 2.59. The molecule has 5 nitrogen and oxygen atoms in total. The van der Waals surface area contributed by atoms with Gasteiger partial charge in [-0.15, -0.1) is 0 Å². The van der Waals surface area contributed by atoms with Gasteiger partial charge in [0.05, 0.1) is 12.5 Å². The summed E-state index contributed by atoms with van der Waals surface area (Å²) >= 11 is 5.80. The van der Waals surface area contributed by atoms with Gasteiger partial charge in [0.1, 0.15) is 11.8 Å². The summed E-state index contributed by atoms with van der Waals surface area (Å²) in [4.78, 5) is 12.0. The standard InChI is InChI=1S/C18H17ClN2O3/c19-15-6-4-14(5-7-15)17(22)11-18(23)21-12-13-2-1-3-16(10-13)24-9-8-20/h1-7,10,17,22H,9,11-12H2,(H,21,23). The molecule has 2 N–H and O–H groups in total. The van der Waals surface area contributed by atoms with Gasteiger partial charge in [-0.2, -0.15) is 5.26 Å².